The highest BCUT2D eigenvalue weighted by Gasteiger charge is 2.06. The molecule has 0 bridgehead atoms. The summed E-state index contributed by atoms with van der Waals surface area (Å²) in [6.45, 7) is 4.77. The van der Waals surface area contributed by atoms with E-state index in [1.165, 1.54) is 16.7 Å². The molecular weight excluding hydrogens is 316 g/mol. The lowest BCUT2D eigenvalue weighted by Gasteiger charge is -2.13. The van der Waals surface area contributed by atoms with Crippen LogP contribution in [0.15, 0.2) is 36.4 Å². The van der Waals surface area contributed by atoms with E-state index in [9.17, 15) is 0 Å². The van der Waals surface area contributed by atoms with Gasteiger partial charge in [0.25, 0.3) is 0 Å². The number of methoxy groups -OCH3 is 1. The molecule has 2 rings (SSSR count). The van der Waals surface area contributed by atoms with E-state index in [1.807, 2.05) is 18.2 Å². The number of benzene rings is 2. The van der Waals surface area contributed by atoms with Gasteiger partial charge in [0.1, 0.15) is 18.1 Å². The summed E-state index contributed by atoms with van der Waals surface area (Å²) in [4.78, 5) is 0. The predicted octanol–water partition coefficient (Wildman–Crippen LogP) is 4.79. The number of hydrogen-bond acceptors (Lipinski definition) is 2. The van der Waals surface area contributed by atoms with E-state index < -0.39 is 0 Å². The van der Waals surface area contributed by atoms with Crippen molar-refractivity contribution in [2.75, 3.05) is 7.11 Å². The molecule has 0 radical (unpaired) electrons. The lowest BCUT2D eigenvalue weighted by molar-refractivity contribution is 0.300. The Labute approximate surface area is 128 Å². The van der Waals surface area contributed by atoms with Gasteiger partial charge < -0.3 is 9.47 Å². The number of alkyl halides is 1. The fourth-order valence-electron chi connectivity index (χ4n) is 2.02. The Hall–Kier alpha value is -1.48. The van der Waals surface area contributed by atoms with Crippen molar-refractivity contribution in [1.82, 2.24) is 0 Å². The predicted molar refractivity (Wildman–Crippen MR) is 85.9 cm³/mol. The van der Waals surface area contributed by atoms with Crippen molar-refractivity contribution < 1.29 is 9.47 Å². The van der Waals surface area contributed by atoms with E-state index in [0.717, 1.165) is 22.4 Å². The monoisotopic (exact) mass is 334 g/mol. The van der Waals surface area contributed by atoms with E-state index in [4.69, 9.17) is 9.47 Å². The zero-order valence-corrected chi connectivity index (χ0v) is 13.7. The van der Waals surface area contributed by atoms with Crippen molar-refractivity contribution >= 4 is 15.9 Å². The van der Waals surface area contributed by atoms with E-state index in [-0.39, 0.29) is 0 Å². The van der Waals surface area contributed by atoms with Crippen molar-refractivity contribution in [3.8, 4) is 11.5 Å². The molecule has 0 atom stereocenters. The highest BCUT2D eigenvalue weighted by Crippen LogP contribution is 2.27. The molecule has 106 valence electrons. The summed E-state index contributed by atoms with van der Waals surface area (Å²) in [6.07, 6.45) is 0. The molecule has 0 aliphatic heterocycles. The molecule has 0 aliphatic rings. The van der Waals surface area contributed by atoms with Crippen LogP contribution >= 0.6 is 15.9 Å². The first kappa shape index (κ1) is 14.9. The molecule has 0 heterocycles. The van der Waals surface area contributed by atoms with Crippen LogP contribution in [0, 0.1) is 13.8 Å². The standard InChI is InChI=1S/C17H19BrO2/c1-12-4-5-13(2)15(8-12)11-20-17-9-16(19-3)7-6-14(17)10-18/h4-9H,10-11H2,1-3H3. The molecule has 0 amide bonds. The Morgan fingerprint density at radius 1 is 1.00 bits per heavy atom. The maximum Gasteiger partial charge on any atom is 0.127 e. The molecule has 0 saturated heterocycles. The average molecular weight is 335 g/mol. The molecule has 0 spiro atoms. The quantitative estimate of drug-likeness (QED) is 0.732. The molecule has 0 fully saturated rings. The zero-order valence-electron chi connectivity index (χ0n) is 12.1. The van der Waals surface area contributed by atoms with Gasteiger partial charge in [-0.25, -0.2) is 0 Å². The van der Waals surface area contributed by atoms with Gasteiger partial charge in [0.2, 0.25) is 0 Å². The van der Waals surface area contributed by atoms with Crippen LogP contribution in [0.25, 0.3) is 0 Å². The Morgan fingerprint density at radius 3 is 2.50 bits per heavy atom. The second-order valence-corrected chi connectivity index (χ2v) is 5.39. The molecule has 2 aromatic rings. The fraction of sp³-hybridized carbons (Fsp3) is 0.294. The van der Waals surface area contributed by atoms with Crippen molar-refractivity contribution in [3.63, 3.8) is 0 Å². The van der Waals surface area contributed by atoms with Crippen molar-refractivity contribution in [2.45, 2.75) is 25.8 Å². The minimum absolute atomic E-state index is 0.570. The number of ether oxygens (including phenoxy) is 2. The highest BCUT2D eigenvalue weighted by atomic mass is 79.9. The number of halogens is 1. The minimum Gasteiger partial charge on any atom is -0.497 e. The average Bonchev–Trinajstić information content (AvgIpc) is 2.47. The summed E-state index contributed by atoms with van der Waals surface area (Å²) in [7, 11) is 1.66. The molecule has 0 N–H and O–H groups in total. The summed E-state index contributed by atoms with van der Waals surface area (Å²) in [5.74, 6) is 1.67. The Morgan fingerprint density at radius 2 is 1.80 bits per heavy atom. The summed E-state index contributed by atoms with van der Waals surface area (Å²) >= 11 is 3.49. The molecule has 0 unspecified atom stereocenters. The first-order chi connectivity index (χ1) is 9.63. The SMILES string of the molecule is COc1ccc(CBr)c(OCc2cc(C)ccc2C)c1. The van der Waals surface area contributed by atoms with Crippen molar-refractivity contribution in [1.29, 1.82) is 0 Å². The maximum atomic E-state index is 5.98. The highest BCUT2D eigenvalue weighted by molar-refractivity contribution is 9.08. The van der Waals surface area contributed by atoms with E-state index >= 15 is 0 Å². The minimum atomic E-state index is 0.570. The van der Waals surface area contributed by atoms with E-state index in [2.05, 4.69) is 48.0 Å². The zero-order chi connectivity index (χ0) is 14.5. The molecule has 2 aromatic carbocycles. The summed E-state index contributed by atoms with van der Waals surface area (Å²) in [6, 6.07) is 12.3. The number of rotatable bonds is 5. The van der Waals surface area contributed by atoms with Crippen LogP contribution in [-0.2, 0) is 11.9 Å². The van der Waals surface area contributed by atoms with Crippen molar-refractivity contribution in [2.24, 2.45) is 0 Å². The molecule has 0 saturated carbocycles. The summed E-state index contributed by atoms with van der Waals surface area (Å²) < 4.78 is 11.2. The molecule has 0 aliphatic carbocycles. The first-order valence-electron chi connectivity index (χ1n) is 6.56. The second-order valence-electron chi connectivity index (χ2n) is 4.83. The van der Waals surface area contributed by atoms with Crippen LogP contribution in [-0.4, -0.2) is 7.11 Å². The molecule has 0 aromatic heterocycles. The van der Waals surface area contributed by atoms with Gasteiger partial charge in [-0.1, -0.05) is 45.8 Å². The van der Waals surface area contributed by atoms with Gasteiger partial charge in [0.05, 0.1) is 7.11 Å². The van der Waals surface area contributed by atoms with Gasteiger partial charge in [-0.05, 0) is 31.0 Å². The van der Waals surface area contributed by atoms with Crippen LogP contribution in [0.3, 0.4) is 0 Å². The van der Waals surface area contributed by atoms with Crippen molar-refractivity contribution in [3.05, 3.63) is 58.7 Å². The smallest absolute Gasteiger partial charge is 0.127 e. The fourth-order valence-corrected chi connectivity index (χ4v) is 2.48. The molecule has 3 heteroatoms. The summed E-state index contributed by atoms with van der Waals surface area (Å²) in [5, 5.41) is 0.763. The summed E-state index contributed by atoms with van der Waals surface area (Å²) in [5.41, 5.74) is 4.84. The lowest BCUT2D eigenvalue weighted by Crippen LogP contribution is -2.00. The maximum absolute atomic E-state index is 5.98. The van der Waals surface area contributed by atoms with E-state index in [0.29, 0.717) is 6.61 Å². The Kier molecular flexibility index (Phi) is 5.07. The second kappa shape index (κ2) is 6.80. The van der Waals surface area contributed by atoms with Gasteiger partial charge in [0, 0.05) is 17.0 Å². The van der Waals surface area contributed by atoms with Crippen LogP contribution < -0.4 is 9.47 Å². The first-order valence-corrected chi connectivity index (χ1v) is 7.68. The van der Waals surface area contributed by atoms with Crippen LogP contribution in [0.5, 0.6) is 11.5 Å². The molecule has 20 heavy (non-hydrogen) atoms. The third kappa shape index (κ3) is 3.54. The number of aryl methyl sites for hydroxylation is 2. The van der Waals surface area contributed by atoms with Gasteiger partial charge >= 0.3 is 0 Å². The lowest BCUT2D eigenvalue weighted by atomic mass is 10.1. The van der Waals surface area contributed by atoms with Gasteiger partial charge in [0.15, 0.2) is 0 Å². The van der Waals surface area contributed by atoms with E-state index in [1.54, 1.807) is 7.11 Å². The molecular formula is C17H19BrO2. The Balaban J connectivity index is 2.19. The van der Waals surface area contributed by atoms with Gasteiger partial charge in [-0.15, -0.1) is 0 Å². The Bertz CT molecular complexity index is 594. The number of hydrogen-bond donors (Lipinski definition) is 0. The normalized spacial score (nSPS) is 10.4. The van der Waals surface area contributed by atoms with Crippen LogP contribution in [0.1, 0.15) is 22.3 Å². The van der Waals surface area contributed by atoms with Crippen LogP contribution in [0.4, 0.5) is 0 Å². The van der Waals surface area contributed by atoms with Gasteiger partial charge in [-0.2, -0.15) is 0 Å². The van der Waals surface area contributed by atoms with Gasteiger partial charge in [-0.3, -0.25) is 0 Å². The third-order valence-electron chi connectivity index (χ3n) is 3.31. The largest absolute Gasteiger partial charge is 0.497 e. The third-order valence-corrected chi connectivity index (χ3v) is 3.91. The van der Waals surface area contributed by atoms with Crippen LogP contribution in [0.2, 0.25) is 0 Å². The molecule has 2 nitrogen and oxygen atoms in total. The topological polar surface area (TPSA) is 18.5 Å².